The quantitative estimate of drug-likeness (QED) is 0.216. The zero-order valence-corrected chi connectivity index (χ0v) is 20.3. The standard InChI is InChI=1S/C38H24O/c1-3-13-25(14-4-1)27-23-33(38-32-21-11-12-22-34(32)39-35(38)24-27)37-30-19-9-7-17-28(30)36(26-15-5-2-6-16-26)29-18-8-10-20-31(29)37/h1-24H/i2D,5D,6D,7D,8D,9D,10D,15D,16D,17D,18D,19D,20D. The van der Waals surface area contributed by atoms with E-state index in [1.54, 1.807) is 18.2 Å². The Balaban J connectivity index is 1.76. The molecule has 1 heteroatoms. The lowest BCUT2D eigenvalue weighted by molar-refractivity contribution is 0.669. The van der Waals surface area contributed by atoms with Crippen LogP contribution in [0.2, 0.25) is 0 Å². The number of fused-ring (bicyclic) bond motifs is 5. The molecule has 0 N–H and O–H groups in total. The fourth-order valence-electron chi connectivity index (χ4n) is 5.37. The summed E-state index contributed by atoms with van der Waals surface area (Å²) in [5.74, 6) is 0. The van der Waals surface area contributed by atoms with E-state index in [1.165, 1.54) is 0 Å². The topological polar surface area (TPSA) is 13.1 Å². The molecule has 0 radical (unpaired) electrons. The first-order valence-corrected chi connectivity index (χ1v) is 12.3. The molecule has 8 rings (SSSR count). The van der Waals surface area contributed by atoms with Crippen LogP contribution in [0.5, 0.6) is 0 Å². The summed E-state index contributed by atoms with van der Waals surface area (Å²) in [6.07, 6.45) is 0. The molecule has 1 heterocycles. The van der Waals surface area contributed by atoms with Crippen molar-refractivity contribution < 1.29 is 22.2 Å². The highest BCUT2D eigenvalue weighted by Crippen LogP contribution is 2.47. The van der Waals surface area contributed by atoms with Gasteiger partial charge in [-0.1, -0.05) is 127 Å². The Hall–Kier alpha value is -5.14. The number of rotatable bonds is 3. The van der Waals surface area contributed by atoms with Crippen LogP contribution in [0.1, 0.15) is 17.8 Å². The largest absolute Gasteiger partial charge is 0.456 e. The third kappa shape index (κ3) is 3.41. The Kier molecular flexibility index (Phi) is 2.82. The normalized spacial score (nSPS) is 16.3. The first-order valence-electron chi connectivity index (χ1n) is 18.8. The van der Waals surface area contributed by atoms with Gasteiger partial charge in [-0.15, -0.1) is 0 Å². The van der Waals surface area contributed by atoms with E-state index in [2.05, 4.69) is 0 Å². The predicted octanol–water partition coefficient (Wildman–Crippen LogP) is 10.9. The van der Waals surface area contributed by atoms with Crippen molar-refractivity contribution in [3.05, 3.63) is 145 Å². The van der Waals surface area contributed by atoms with Gasteiger partial charge in [0.05, 0.1) is 17.8 Å². The molecule has 0 unspecified atom stereocenters. The number of hydrogen-bond acceptors (Lipinski definition) is 1. The molecule has 1 aromatic heterocycles. The summed E-state index contributed by atoms with van der Waals surface area (Å²) in [5, 5.41) is 0.341. The molecule has 0 spiro atoms. The molecule has 182 valence electrons. The monoisotopic (exact) mass is 509 g/mol. The first kappa shape index (κ1) is 12.6. The molecule has 0 saturated heterocycles. The van der Waals surface area contributed by atoms with Crippen molar-refractivity contribution in [2.75, 3.05) is 0 Å². The summed E-state index contributed by atoms with van der Waals surface area (Å²) in [5.41, 5.74) is 1.97. The highest BCUT2D eigenvalue weighted by atomic mass is 16.3. The minimum Gasteiger partial charge on any atom is -0.456 e. The molecule has 0 fully saturated rings. The van der Waals surface area contributed by atoms with E-state index >= 15 is 0 Å². The van der Waals surface area contributed by atoms with Gasteiger partial charge in [0, 0.05) is 10.8 Å². The van der Waals surface area contributed by atoms with E-state index in [0.717, 1.165) is 5.56 Å². The lowest BCUT2D eigenvalue weighted by atomic mass is 9.84. The van der Waals surface area contributed by atoms with Crippen LogP contribution < -0.4 is 0 Å². The highest BCUT2D eigenvalue weighted by Gasteiger charge is 2.21. The molecule has 0 atom stereocenters. The van der Waals surface area contributed by atoms with Gasteiger partial charge in [-0.3, -0.25) is 0 Å². The van der Waals surface area contributed by atoms with Crippen molar-refractivity contribution >= 4 is 43.5 Å². The molecule has 39 heavy (non-hydrogen) atoms. The second-order valence-corrected chi connectivity index (χ2v) is 9.11. The Morgan fingerprint density at radius 2 is 1.03 bits per heavy atom. The van der Waals surface area contributed by atoms with E-state index in [-0.39, 0.29) is 32.7 Å². The van der Waals surface area contributed by atoms with Crippen LogP contribution in [0, 0.1) is 0 Å². The Morgan fingerprint density at radius 3 is 1.72 bits per heavy atom. The van der Waals surface area contributed by atoms with Crippen LogP contribution in [-0.2, 0) is 0 Å². The Labute approximate surface area is 244 Å². The zero-order chi connectivity index (χ0) is 37.1. The molecule has 0 aliphatic rings. The number of para-hydroxylation sites is 1. The molecular formula is C38H24O. The SMILES string of the molecule is [2H]c1c([2H])c([2H])c(-c2c3c([2H])c([2H])c([2H])c([2H])c3c(-c3cc(-c4ccccc4)cc4oc5ccccc5c34)c3c([2H])c([2H])c([2H])c([2H])c23)c([2H])c1[2H]. The average Bonchev–Trinajstić information content (AvgIpc) is 3.54. The summed E-state index contributed by atoms with van der Waals surface area (Å²) >= 11 is 0. The predicted molar refractivity (Wildman–Crippen MR) is 165 cm³/mol. The molecule has 8 aromatic rings. The van der Waals surface area contributed by atoms with Crippen molar-refractivity contribution in [1.29, 1.82) is 0 Å². The fraction of sp³-hybridized carbons (Fsp3) is 0. The van der Waals surface area contributed by atoms with Gasteiger partial charge >= 0.3 is 0 Å². The molecule has 0 bridgehead atoms. The minimum atomic E-state index is -0.717. The van der Waals surface area contributed by atoms with Crippen molar-refractivity contribution in [2.45, 2.75) is 0 Å². The number of benzene rings is 7. The van der Waals surface area contributed by atoms with Crippen LogP contribution in [0.3, 0.4) is 0 Å². The molecule has 0 amide bonds. The van der Waals surface area contributed by atoms with E-state index in [4.69, 9.17) is 16.8 Å². The van der Waals surface area contributed by atoms with Gasteiger partial charge in [-0.05, 0) is 73.1 Å². The molecule has 0 aliphatic heterocycles. The van der Waals surface area contributed by atoms with E-state index in [9.17, 15) is 5.48 Å². The van der Waals surface area contributed by atoms with Gasteiger partial charge in [-0.2, -0.15) is 0 Å². The van der Waals surface area contributed by atoms with E-state index < -0.39 is 84.1 Å². The van der Waals surface area contributed by atoms with Crippen LogP contribution >= 0.6 is 0 Å². The van der Waals surface area contributed by atoms with Crippen LogP contribution in [0.25, 0.3) is 76.9 Å². The minimum absolute atomic E-state index is 0.0504. The Bertz CT molecular complexity index is 2770. The van der Waals surface area contributed by atoms with Crippen molar-refractivity contribution in [2.24, 2.45) is 0 Å². The molecular weight excluding hydrogens is 472 g/mol. The van der Waals surface area contributed by atoms with Gasteiger partial charge in [0.25, 0.3) is 0 Å². The summed E-state index contributed by atoms with van der Waals surface area (Å²) < 4.78 is 121. The lowest BCUT2D eigenvalue weighted by Crippen LogP contribution is -1.92. The molecule has 1 nitrogen and oxygen atoms in total. The van der Waals surface area contributed by atoms with Crippen molar-refractivity contribution in [3.8, 4) is 33.4 Å². The zero-order valence-electron chi connectivity index (χ0n) is 33.3. The maximum atomic E-state index is 9.34. The summed E-state index contributed by atoms with van der Waals surface area (Å²) in [6.45, 7) is 0. The third-order valence-corrected chi connectivity index (χ3v) is 6.98. The van der Waals surface area contributed by atoms with Gasteiger partial charge in [0.1, 0.15) is 11.2 Å². The average molecular weight is 510 g/mol. The highest BCUT2D eigenvalue weighted by molar-refractivity contribution is 6.26. The van der Waals surface area contributed by atoms with Gasteiger partial charge < -0.3 is 4.42 Å². The number of furan rings is 1. The smallest absolute Gasteiger partial charge is 0.136 e. The number of hydrogen-bond donors (Lipinski definition) is 0. The second-order valence-electron chi connectivity index (χ2n) is 9.11. The summed E-state index contributed by atoms with van der Waals surface area (Å²) in [6, 6.07) is 11.7. The van der Waals surface area contributed by atoms with E-state index in [1.807, 2.05) is 48.5 Å². The third-order valence-electron chi connectivity index (χ3n) is 6.98. The van der Waals surface area contributed by atoms with Gasteiger partial charge in [0.2, 0.25) is 0 Å². The van der Waals surface area contributed by atoms with Crippen molar-refractivity contribution in [3.63, 3.8) is 0 Å². The maximum Gasteiger partial charge on any atom is 0.136 e. The van der Waals surface area contributed by atoms with Crippen molar-refractivity contribution in [1.82, 2.24) is 0 Å². The fourth-order valence-corrected chi connectivity index (χ4v) is 5.37. The molecule has 0 saturated carbocycles. The lowest BCUT2D eigenvalue weighted by Gasteiger charge is -2.19. The second kappa shape index (κ2) is 8.72. The van der Waals surface area contributed by atoms with Gasteiger partial charge in [-0.25, -0.2) is 0 Å². The van der Waals surface area contributed by atoms with Crippen LogP contribution in [0.15, 0.2) is 150 Å². The molecule has 0 aliphatic carbocycles. The van der Waals surface area contributed by atoms with E-state index in [0.29, 0.717) is 33.1 Å². The summed E-state index contributed by atoms with van der Waals surface area (Å²) in [4.78, 5) is 0. The molecule has 7 aromatic carbocycles. The van der Waals surface area contributed by atoms with Crippen LogP contribution in [-0.4, -0.2) is 0 Å². The van der Waals surface area contributed by atoms with Gasteiger partial charge in [0.15, 0.2) is 0 Å². The summed E-state index contributed by atoms with van der Waals surface area (Å²) in [7, 11) is 0. The maximum absolute atomic E-state index is 9.34. The first-order chi connectivity index (χ1) is 24.8. The Morgan fingerprint density at radius 1 is 0.436 bits per heavy atom. The van der Waals surface area contributed by atoms with Crippen LogP contribution in [0.4, 0.5) is 0 Å².